The van der Waals surface area contributed by atoms with Gasteiger partial charge >= 0.3 is 0 Å². The summed E-state index contributed by atoms with van der Waals surface area (Å²) < 4.78 is 14.9. The summed E-state index contributed by atoms with van der Waals surface area (Å²) in [6, 6.07) is 6.52. The van der Waals surface area contributed by atoms with Crippen LogP contribution in [0.2, 0.25) is 0 Å². The molecule has 0 aliphatic rings. The SMILES string of the molecule is Cc1c(C(C)N)cnn1Cc1cccc(F)c1. The molecule has 0 amide bonds. The molecule has 2 N–H and O–H groups in total. The Labute approximate surface area is 100 Å². The molecule has 4 heteroatoms. The lowest BCUT2D eigenvalue weighted by atomic mass is 10.1. The van der Waals surface area contributed by atoms with Gasteiger partial charge in [-0.1, -0.05) is 12.1 Å². The second kappa shape index (κ2) is 4.67. The van der Waals surface area contributed by atoms with Gasteiger partial charge in [-0.15, -0.1) is 0 Å². The van der Waals surface area contributed by atoms with Crippen LogP contribution in [-0.4, -0.2) is 9.78 Å². The highest BCUT2D eigenvalue weighted by Gasteiger charge is 2.10. The Morgan fingerprint density at radius 1 is 1.47 bits per heavy atom. The molecule has 3 nitrogen and oxygen atoms in total. The Balaban J connectivity index is 2.25. The molecule has 1 unspecified atom stereocenters. The molecule has 1 aromatic heterocycles. The van der Waals surface area contributed by atoms with Crippen LogP contribution >= 0.6 is 0 Å². The first-order chi connectivity index (χ1) is 8.08. The molecule has 0 saturated heterocycles. The van der Waals surface area contributed by atoms with E-state index in [0.29, 0.717) is 6.54 Å². The van der Waals surface area contributed by atoms with Gasteiger partial charge < -0.3 is 5.73 Å². The summed E-state index contributed by atoms with van der Waals surface area (Å²) in [4.78, 5) is 0. The highest BCUT2D eigenvalue weighted by atomic mass is 19.1. The maximum atomic E-state index is 13.1. The Morgan fingerprint density at radius 2 is 2.24 bits per heavy atom. The van der Waals surface area contributed by atoms with Crippen LogP contribution in [0.3, 0.4) is 0 Å². The molecule has 0 spiro atoms. The number of hydrogen-bond acceptors (Lipinski definition) is 2. The van der Waals surface area contributed by atoms with Crippen LogP contribution in [0, 0.1) is 12.7 Å². The third-order valence-electron chi connectivity index (χ3n) is 2.85. The van der Waals surface area contributed by atoms with E-state index < -0.39 is 0 Å². The van der Waals surface area contributed by atoms with Crippen LogP contribution in [0.4, 0.5) is 4.39 Å². The second-order valence-electron chi connectivity index (χ2n) is 4.26. The molecule has 0 fully saturated rings. The van der Waals surface area contributed by atoms with Crippen molar-refractivity contribution in [3.63, 3.8) is 0 Å². The fraction of sp³-hybridized carbons (Fsp3) is 0.308. The zero-order valence-corrected chi connectivity index (χ0v) is 10.0. The Hall–Kier alpha value is -1.68. The summed E-state index contributed by atoms with van der Waals surface area (Å²) in [6.45, 7) is 4.47. The molecule has 1 atom stereocenters. The zero-order chi connectivity index (χ0) is 12.4. The number of halogens is 1. The van der Waals surface area contributed by atoms with Gasteiger partial charge in [0.15, 0.2) is 0 Å². The van der Waals surface area contributed by atoms with E-state index in [4.69, 9.17) is 5.73 Å². The quantitative estimate of drug-likeness (QED) is 0.884. The lowest BCUT2D eigenvalue weighted by Gasteiger charge is -2.07. The van der Waals surface area contributed by atoms with Crippen LogP contribution in [0.5, 0.6) is 0 Å². The van der Waals surface area contributed by atoms with Crippen molar-refractivity contribution in [3.05, 3.63) is 53.1 Å². The lowest BCUT2D eigenvalue weighted by Crippen LogP contribution is -2.08. The zero-order valence-electron chi connectivity index (χ0n) is 10.0. The molecular weight excluding hydrogens is 217 g/mol. The summed E-state index contributed by atoms with van der Waals surface area (Å²) >= 11 is 0. The first-order valence-corrected chi connectivity index (χ1v) is 5.60. The maximum Gasteiger partial charge on any atom is 0.123 e. The predicted molar refractivity (Wildman–Crippen MR) is 65.1 cm³/mol. The average molecular weight is 233 g/mol. The highest BCUT2D eigenvalue weighted by molar-refractivity contribution is 5.22. The summed E-state index contributed by atoms with van der Waals surface area (Å²) in [7, 11) is 0. The van der Waals surface area contributed by atoms with Crippen LogP contribution in [0.25, 0.3) is 0 Å². The minimum absolute atomic E-state index is 0.0312. The van der Waals surface area contributed by atoms with Gasteiger partial charge in [0.25, 0.3) is 0 Å². The van der Waals surface area contributed by atoms with E-state index in [2.05, 4.69) is 5.10 Å². The molecule has 0 aliphatic carbocycles. The van der Waals surface area contributed by atoms with Gasteiger partial charge in [0.05, 0.1) is 12.7 Å². The van der Waals surface area contributed by atoms with Crippen molar-refractivity contribution < 1.29 is 4.39 Å². The number of hydrogen-bond donors (Lipinski definition) is 1. The predicted octanol–water partition coefficient (Wildman–Crippen LogP) is 2.40. The van der Waals surface area contributed by atoms with E-state index in [9.17, 15) is 4.39 Å². The Kier molecular flexibility index (Phi) is 3.24. The van der Waals surface area contributed by atoms with Gasteiger partial charge in [-0.2, -0.15) is 5.10 Å². The molecule has 2 aromatic rings. The molecule has 2 rings (SSSR count). The number of rotatable bonds is 3. The van der Waals surface area contributed by atoms with Crippen molar-refractivity contribution >= 4 is 0 Å². The summed E-state index contributed by atoms with van der Waals surface area (Å²) in [6.07, 6.45) is 1.78. The highest BCUT2D eigenvalue weighted by Crippen LogP contribution is 2.15. The van der Waals surface area contributed by atoms with Gasteiger partial charge in [-0.25, -0.2) is 4.39 Å². The molecule has 1 aromatic carbocycles. The van der Waals surface area contributed by atoms with Gasteiger partial charge in [-0.3, -0.25) is 4.68 Å². The van der Waals surface area contributed by atoms with E-state index in [1.54, 1.807) is 12.3 Å². The van der Waals surface area contributed by atoms with Gasteiger partial charge in [0, 0.05) is 17.3 Å². The Morgan fingerprint density at radius 3 is 2.82 bits per heavy atom. The summed E-state index contributed by atoms with van der Waals surface area (Å²) in [5, 5.41) is 4.28. The molecule has 0 saturated carbocycles. The van der Waals surface area contributed by atoms with Crippen molar-refractivity contribution in [1.29, 1.82) is 0 Å². The minimum Gasteiger partial charge on any atom is -0.324 e. The Bertz CT molecular complexity index is 517. The fourth-order valence-electron chi connectivity index (χ4n) is 1.88. The van der Waals surface area contributed by atoms with Crippen LogP contribution in [-0.2, 0) is 6.54 Å². The van der Waals surface area contributed by atoms with Crippen LogP contribution in [0.15, 0.2) is 30.5 Å². The van der Waals surface area contributed by atoms with Crippen molar-refractivity contribution in [1.82, 2.24) is 9.78 Å². The smallest absolute Gasteiger partial charge is 0.123 e. The van der Waals surface area contributed by atoms with E-state index in [-0.39, 0.29) is 11.9 Å². The van der Waals surface area contributed by atoms with Crippen molar-refractivity contribution in [2.75, 3.05) is 0 Å². The number of benzene rings is 1. The molecular formula is C13H16FN3. The van der Waals surface area contributed by atoms with E-state index in [1.165, 1.54) is 12.1 Å². The largest absolute Gasteiger partial charge is 0.324 e. The molecule has 1 heterocycles. The number of nitrogens with zero attached hydrogens (tertiary/aromatic N) is 2. The van der Waals surface area contributed by atoms with E-state index >= 15 is 0 Å². The topological polar surface area (TPSA) is 43.8 Å². The minimum atomic E-state index is -0.222. The lowest BCUT2D eigenvalue weighted by molar-refractivity contribution is 0.616. The van der Waals surface area contributed by atoms with E-state index in [1.807, 2.05) is 24.6 Å². The third kappa shape index (κ3) is 2.53. The van der Waals surface area contributed by atoms with Crippen LogP contribution in [0.1, 0.15) is 29.8 Å². The summed E-state index contributed by atoms with van der Waals surface area (Å²) in [5.74, 6) is -0.222. The monoisotopic (exact) mass is 233 g/mol. The molecule has 90 valence electrons. The van der Waals surface area contributed by atoms with Gasteiger partial charge in [0.2, 0.25) is 0 Å². The second-order valence-corrected chi connectivity index (χ2v) is 4.26. The normalized spacial score (nSPS) is 12.7. The van der Waals surface area contributed by atoms with Gasteiger partial charge in [-0.05, 0) is 31.5 Å². The summed E-state index contributed by atoms with van der Waals surface area (Å²) in [5.41, 5.74) is 8.79. The van der Waals surface area contributed by atoms with Crippen molar-refractivity contribution in [2.45, 2.75) is 26.4 Å². The maximum absolute atomic E-state index is 13.1. The molecule has 0 aliphatic heterocycles. The number of aromatic nitrogens is 2. The molecule has 0 radical (unpaired) electrons. The molecule has 17 heavy (non-hydrogen) atoms. The fourth-order valence-corrected chi connectivity index (χ4v) is 1.88. The first kappa shape index (κ1) is 11.8. The third-order valence-corrected chi connectivity index (χ3v) is 2.85. The van der Waals surface area contributed by atoms with Crippen LogP contribution < -0.4 is 5.73 Å². The first-order valence-electron chi connectivity index (χ1n) is 5.60. The van der Waals surface area contributed by atoms with E-state index in [0.717, 1.165) is 16.8 Å². The average Bonchev–Trinajstić information content (AvgIpc) is 2.61. The number of nitrogens with two attached hydrogens (primary N) is 1. The standard InChI is InChI=1S/C13H16FN3/c1-9(15)13-7-16-17(10(13)2)8-11-4-3-5-12(14)6-11/h3-7,9H,8,15H2,1-2H3. The van der Waals surface area contributed by atoms with Crippen molar-refractivity contribution in [2.24, 2.45) is 5.73 Å². The molecule has 0 bridgehead atoms. The van der Waals surface area contributed by atoms with Crippen molar-refractivity contribution in [3.8, 4) is 0 Å². The van der Waals surface area contributed by atoms with Gasteiger partial charge in [0.1, 0.15) is 5.82 Å².